The van der Waals surface area contributed by atoms with E-state index >= 15 is 0 Å². The quantitative estimate of drug-likeness (QED) is 0.835. The normalized spacial score (nSPS) is 11.5. The molecule has 1 aromatic carbocycles. The molecule has 0 radical (unpaired) electrons. The fourth-order valence-electron chi connectivity index (χ4n) is 1.92. The Labute approximate surface area is 115 Å². The lowest BCUT2D eigenvalue weighted by Crippen LogP contribution is -2.26. The second-order valence-electron chi connectivity index (χ2n) is 5.35. The van der Waals surface area contributed by atoms with Gasteiger partial charge in [-0.25, -0.2) is 4.98 Å². The summed E-state index contributed by atoms with van der Waals surface area (Å²) in [5, 5.41) is 0. The van der Waals surface area contributed by atoms with Crippen LogP contribution in [0.2, 0.25) is 0 Å². The third-order valence-corrected chi connectivity index (χ3v) is 3.55. The van der Waals surface area contributed by atoms with Crippen LogP contribution in [-0.4, -0.2) is 23.0 Å². The number of aromatic nitrogens is 1. The van der Waals surface area contributed by atoms with E-state index in [2.05, 4.69) is 49.8 Å². The Hall–Kier alpha value is -1.61. The Morgan fingerprint density at radius 3 is 2.53 bits per heavy atom. The van der Waals surface area contributed by atoms with E-state index in [0.29, 0.717) is 6.04 Å². The van der Waals surface area contributed by atoms with Gasteiger partial charge in [0, 0.05) is 18.2 Å². The molecule has 2 aromatic rings. The van der Waals surface area contributed by atoms with Crippen molar-refractivity contribution >= 4 is 0 Å². The minimum absolute atomic E-state index is 0.498. The highest BCUT2D eigenvalue weighted by molar-refractivity contribution is 5.58. The third-order valence-electron chi connectivity index (χ3n) is 3.55. The highest BCUT2D eigenvalue weighted by Gasteiger charge is 2.15. The maximum absolute atomic E-state index is 5.82. The minimum Gasteiger partial charge on any atom is -0.441 e. The summed E-state index contributed by atoms with van der Waals surface area (Å²) in [6.07, 6.45) is 0. The zero-order valence-corrected chi connectivity index (χ0v) is 12.4. The van der Waals surface area contributed by atoms with E-state index < -0.39 is 0 Å². The molecule has 3 heteroatoms. The first-order valence-electron chi connectivity index (χ1n) is 6.71. The Morgan fingerprint density at radius 1 is 1.21 bits per heavy atom. The van der Waals surface area contributed by atoms with Gasteiger partial charge in [-0.3, -0.25) is 4.90 Å². The molecule has 0 aliphatic carbocycles. The number of hydrogen-bond donors (Lipinski definition) is 0. The second-order valence-corrected chi connectivity index (χ2v) is 5.35. The van der Waals surface area contributed by atoms with Crippen molar-refractivity contribution in [2.24, 2.45) is 0 Å². The van der Waals surface area contributed by atoms with Crippen LogP contribution >= 0.6 is 0 Å². The lowest BCUT2D eigenvalue weighted by molar-refractivity contribution is 0.261. The van der Waals surface area contributed by atoms with Gasteiger partial charge in [0.1, 0.15) is 5.76 Å². The molecular weight excluding hydrogens is 236 g/mol. The molecule has 0 bridgehead atoms. The van der Waals surface area contributed by atoms with Crippen molar-refractivity contribution in [3.8, 4) is 11.5 Å². The molecule has 0 amide bonds. The molecule has 1 aromatic heterocycles. The van der Waals surface area contributed by atoms with Crippen LogP contribution in [0.5, 0.6) is 0 Å². The van der Waals surface area contributed by atoms with E-state index in [1.54, 1.807) is 0 Å². The van der Waals surface area contributed by atoms with Gasteiger partial charge in [0.05, 0.1) is 5.69 Å². The number of oxazole rings is 1. The average molecular weight is 258 g/mol. The van der Waals surface area contributed by atoms with Crippen LogP contribution in [0, 0.1) is 13.8 Å². The number of rotatable bonds is 4. The molecule has 0 unspecified atom stereocenters. The van der Waals surface area contributed by atoms with Crippen LogP contribution in [0.4, 0.5) is 0 Å². The molecule has 0 saturated carbocycles. The first kappa shape index (κ1) is 13.8. The third kappa shape index (κ3) is 3.04. The van der Waals surface area contributed by atoms with E-state index in [-0.39, 0.29) is 0 Å². The van der Waals surface area contributed by atoms with Crippen molar-refractivity contribution in [3.05, 3.63) is 41.3 Å². The number of hydrogen-bond acceptors (Lipinski definition) is 3. The SMILES string of the molecule is Cc1ccccc1-c1nc(CN(C)C(C)C)c(C)o1. The molecule has 1 heterocycles. The lowest BCUT2D eigenvalue weighted by atomic mass is 10.1. The van der Waals surface area contributed by atoms with E-state index in [1.165, 1.54) is 5.56 Å². The number of benzene rings is 1. The molecule has 0 N–H and O–H groups in total. The summed E-state index contributed by atoms with van der Waals surface area (Å²) in [4.78, 5) is 6.91. The highest BCUT2D eigenvalue weighted by atomic mass is 16.4. The topological polar surface area (TPSA) is 29.3 Å². The molecule has 0 aliphatic heterocycles. The van der Waals surface area contributed by atoms with Crippen LogP contribution in [-0.2, 0) is 6.54 Å². The molecule has 0 aliphatic rings. The Balaban J connectivity index is 2.29. The van der Waals surface area contributed by atoms with Crippen molar-refractivity contribution in [2.45, 2.75) is 40.3 Å². The Morgan fingerprint density at radius 2 is 1.89 bits per heavy atom. The standard InChI is InChI=1S/C16H22N2O/c1-11(2)18(5)10-15-13(4)19-16(17-15)14-9-7-6-8-12(14)3/h6-9,11H,10H2,1-5H3. The fraction of sp³-hybridized carbons (Fsp3) is 0.438. The first-order valence-corrected chi connectivity index (χ1v) is 6.71. The van der Waals surface area contributed by atoms with E-state index in [0.717, 1.165) is 29.5 Å². The molecule has 0 saturated heterocycles. The average Bonchev–Trinajstić information content (AvgIpc) is 2.71. The van der Waals surface area contributed by atoms with Gasteiger partial charge < -0.3 is 4.42 Å². The first-order chi connectivity index (χ1) is 8.99. The van der Waals surface area contributed by atoms with Crippen LogP contribution in [0.1, 0.15) is 30.9 Å². The number of aryl methyl sites for hydroxylation is 2. The maximum Gasteiger partial charge on any atom is 0.226 e. The van der Waals surface area contributed by atoms with Crippen LogP contribution < -0.4 is 0 Å². The zero-order chi connectivity index (χ0) is 14.0. The Kier molecular flexibility index (Phi) is 4.05. The largest absolute Gasteiger partial charge is 0.441 e. The van der Waals surface area contributed by atoms with Crippen LogP contribution in [0.25, 0.3) is 11.5 Å². The van der Waals surface area contributed by atoms with Gasteiger partial charge in [-0.1, -0.05) is 18.2 Å². The van der Waals surface area contributed by atoms with Gasteiger partial charge in [0.25, 0.3) is 0 Å². The van der Waals surface area contributed by atoms with E-state index in [4.69, 9.17) is 4.42 Å². The van der Waals surface area contributed by atoms with Crippen molar-refractivity contribution in [1.82, 2.24) is 9.88 Å². The van der Waals surface area contributed by atoms with Gasteiger partial charge in [-0.2, -0.15) is 0 Å². The van der Waals surface area contributed by atoms with Crippen LogP contribution in [0.15, 0.2) is 28.7 Å². The summed E-state index contributed by atoms with van der Waals surface area (Å²) < 4.78 is 5.82. The predicted octanol–water partition coefficient (Wildman–Crippen LogP) is 3.80. The smallest absolute Gasteiger partial charge is 0.226 e. The predicted molar refractivity (Wildman–Crippen MR) is 78.0 cm³/mol. The number of nitrogens with zero attached hydrogens (tertiary/aromatic N) is 2. The Bertz CT molecular complexity index is 558. The van der Waals surface area contributed by atoms with E-state index in [1.807, 2.05) is 19.1 Å². The fourth-order valence-corrected chi connectivity index (χ4v) is 1.92. The van der Waals surface area contributed by atoms with Crippen LogP contribution in [0.3, 0.4) is 0 Å². The lowest BCUT2D eigenvalue weighted by Gasteiger charge is -2.19. The maximum atomic E-state index is 5.82. The minimum atomic E-state index is 0.498. The van der Waals surface area contributed by atoms with Crippen molar-refractivity contribution < 1.29 is 4.42 Å². The van der Waals surface area contributed by atoms with Gasteiger partial charge in [-0.15, -0.1) is 0 Å². The summed E-state index contributed by atoms with van der Waals surface area (Å²) in [5.41, 5.74) is 3.28. The van der Waals surface area contributed by atoms with Gasteiger partial charge in [0.2, 0.25) is 5.89 Å². The summed E-state index contributed by atoms with van der Waals surface area (Å²) in [5.74, 6) is 1.63. The van der Waals surface area contributed by atoms with Crippen molar-refractivity contribution in [1.29, 1.82) is 0 Å². The molecule has 102 valence electrons. The summed E-state index contributed by atoms with van der Waals surface area (Å²) in [6.45, 7) is 9.24. The molecule has 0 fully saturated rings. The van der Waals surface area contributed by atoms with Gasteiger partial charge in [0.15, 0.2) is 0 Å². The highest BCUT2D eigenvalue weighted by Crippen LogP contribution is 2.25. The monoisotopic (exact) mass is 258 g/mol. The molecule has 0 atom stereocenters. The summed E-state index contributed by atoms with van der Waals surface area (Å²) >= 11 is 0. The molecule has 2 rings (SSSR count). The van der Waals surface area contributed by atoms with Crippen molar-refractivity contribution in [3.63, 3.8) is 0 Å². The molecular formula is C16H22N2O. The van der Waals surface area contributed by atoms with E-state index in [9.17, 15) is 0 Å². The second kappa shape index (κ2) is 5.57. The molecule has 19 heavy (non-hydrogen) atoms. The van der Waals surface area contributed by atoms with Crippen molar-refractivity contribution in [2.75, 3.05) is 7.05 Å². The zero-order valence-electron chi connectivity index (χ0n) is 12.4. The summed E-state index contributed by atoms with van der Waals surface area (Å²) in [7, 11) is 2.10. The van der Waals surface area contributed by atoms with Gasteiger partial charge in [-0.05, 0) is 46.4 Å². The van der Waals surface area contributed by atoms with Gasteiger partial charge >= 0.3 is 0 Å². The summed E-state index contributed by atoms with van der Waals surface area (Å²) in [6, 6.07) is 8.67. The molecule has 3 nitrogen and oxygen atoms in total. The molecule has 0 spiro atoms.